The highest BCUT2D eigenvalue weighted by molar-refractivity contribution is 6.87. The molecule has 27 heavy (non-hydrogen) atoms. The Morgan fingerprint density at radius 3 is 2.37 bits per heavy atom. The summed E-state index contributed by atoms with van der Waals surface area (Å²) in [7, 11) is -1.81. The zero-order valence-corrected chi connectivity index (χ0v) is 17.6. The van der Waals surface area contributed by atoms with E-state index in [1.165, 1.54) is 0 Å². The molecule has 0 bridgehead atoms. The predicted octanol–water partition coefficient (Wildman–Crippen LogP) is 4.46. The summed E-state index contributed by atoms with van der Waals surface area (Å²) < 4.78 is 0. The van der Waals surface area contributed by atoms with Crippen molar-refractivity contribution >= 4 is 30.7 Å². The Bertz CT molecular complexity index is 911. The SMILES string of the molecule is CC(C)(C)[Si](C)(C)C#CC[C@H](NC(=O)c1cccc2ccccc12)C(=O)O. The molecule has 0 aliphatic rings. The molecular formula is C22H27NO3Si. The van der Waals surface area contributed by atoms with Crippen molar-refractivity contribution in [3.05, 3.63) is 48.0 Å². The Balaban J connectivity index is 2.19. The van der Waals surface area contributed by atoms with E-state index in [4.69, 9.17) is 0 Å². The summed E-state index contributed by atoms with van der Waals surface area (Å²) in [5, 5.41) is 14.0. The van der Waals surface area contributed by atoms with Crippen LogP contribution in [0, 0.1) is 11.5 Å². The second kappa shape index (κ2) is 7.97. The van der Waals surface area contributed by atoms with E-state index in [1.54, 1.807) is 12.1 Å². The normalized spacial score (nSPS) is 12.8. The molecule has 2 aromatic carbocycles. The monoisotopic (exact) mass is 381 g/mol. The van der Waals surface area contributed by atoms with Crippen LogP contribution in [0.4, 0.5) is 0 Å². The number of hydrogen-bond acceptors (Lipinski definition) is 2. The molecule has 2 rings (SSSR count). The fourth-order valence-corrected chi connectivity index (χ4v) is 3.34. The second-order valence-corrected chi connectivity index (χ2v) is 13.3. The van der Waals surface area contributed by atoms with Gasteiger partial charge in [-0.05, 0) is 21.9 Å². The average molecular weight is 382 g/mol. The van der Waals surface area contributed by atoms with Crippen molar-refractivity contribution in [3.63, 3.8) is 0 Å². The predicted molar refractivity (Wildman–Crippen MR) is 112 cm³/mol. The number of nitrogens with one attached hydrogen (secondary N) is 1. The van der Waals surface area contributed by atoms with Gasteiger partial charge in [-0.25, -0.2) is 4.79 Å². The molecule has 0 heterocycles. The Morgan fingerprint density at radius 1 is 1.11 bits per heavy atom. The van der Waals surface area contributed by atoms with Crippen LogP contribution >= 0.6 is 0 Å². The first-order valence-corrected chi connectivity index (χ1v) is 12.0. The van der Waals surface area contributed by atoms with Crippen LogP contribution in [-0.4, -0.2) is 31.1 Å². The molecule has 2 N–H and O–H groups in total. The topological polar surface area (TPSA) is 66.4 Å². The minimum absolute atomic E-state index is 0.0956. The molecule has 0 saturated carbocycles. The highest BCUT2D eigenvalue weighted by atomic mass is 28.3. The Labute approximate surface area is 162 Å². The van der Waals surface area contributed by atoms with Crippen molar-refractivity contribution in [1.82, 2.24) is 5.32 Å². The third-order valence-electron chi connectivity index (χ3n) is 5.22. The number of fused-ring (bicyclic) bond motifs is 1. The lowest BCUT2D eigenvalue weighted by atomic mass is 10.0. The molecule has 1 atom stereocenters. The molecular weight excluding hydrogens is 354 g/mol. The fourth-order valence-electron chi connectivity index (χ4n) is 2.42. The number of amides is 1. The molecule has 0 unspecified atom stereocenters. The first-order valence-electron chi connectivity index (χ1n) is 9.04. The van der Waals surface area contributed by atoms with Crippen LogP contribution in [0.15, 0.2) is 42.5 Å². The maximum atomic E-state index is 12.7. The number of carbonyl (C=O) groups is 2. The maximum Gasteiger partial charge on any atom is 0.327 e. The molecule has 0 aliphatic carbocycles. The summed E-state index contributed by atoms with van der Waals surface area (Å²) in [5.74, 6) is 1.55. The number of hydrogen-bond donors (Lipinski definition) is 2. The Morgan fingerprint density at radius 2 is 1.74 bits per heavy atom. The summed E-state index contributed by atoms with van der Waals surface area (Å²) in [6.45, 7) is 10.8. The van der Waals surface area contributed by atoms with Gasteiger partial charge in [0.15, 0.2) is 0 Å². The van der Waals surface area contributed by atoms with Crippen LogP contribution in [0.1, 0.15) is 37.6 Å². The molecule has 0 spiro atoms. The van der Waals surface area contributed by atoms with Gasteiger partial charge < -0.3 is 10.4 Å². The van der Waals surface area contributed by atoms with E-state index in [1.807, 2.05) is 30.3 Å². The summed E-state index contributed by atoms with van der Waals surface area (Å²) in [6.07, 6.45) is 0.0956. The van der Waals surface area contributed by atoms with Crippen molar-refractivity contribution in [1.29, 1.82) is 0 Å². The molecule has 0 aromatic heterocycles. The first kappa shape index (κ1) is 20.7. The fraction of sp³-hybridized carbons (Fsp3) is 0.364. The summed E-state index contributed by atoms with van der Waals surface area (Å²) in [4.78, 5) is 24.3. The molecule has 0 aliphatic heterocycles. The zero-order valence-electron chi connectivity index (χ0n) is 16.6. The molecule has 1 amide bonds. The van der Waals surface area contributed by atoms with Crippen LogP contribution in [0.25, 0.3) is 10.8 Å². The van der Waals surface area contributed by atoms with Crippen molar-refractivity contribution in [2.24, 2.45) is 0 Å². The number of carboxylic acid groups (broad SMARTS) is 1. The van der Waals surface area contributed by atoms with Crippen molar-refractivity contribution in [2.45, 2.75) is 51.4 Å². The van der Waals surface area contributed by atoms with Crippen molar-refractivity contribution < 1.29 is 14.7 Å². The van der Waals surface area contributed by atoms with Gasteiger partial charge in [0, 0.05) is 12.0 Å². The van der Waals surface area contributed by atoms with Crippen LogP contribution in [0.5, 0.6) is 0 Å². The van der Waals surface area contributed by atoms with Crippen molar-refractivity contribution in [2.75, 3.05) is 0 Å². The van der Waals surface area contributed by atoms with Gasteiger partial charge in [0.2, 0.25) is 0 Å². The number of benzene rings is 2. The van der Waals surface area contributed by atoms with Gasteiger partial charge in [-0.15, -0.1) is 11.5 Å². The van der Waals surface area contributed by atoms with Gasteiger partial charge in [-0.2, -0.15) is 0 Å². The van der Waals surface area contributed by atoms with Crippen LogP contribution in [0.2, 0.25) is 18.1 Å². The van der Waals surface area contributed by atoms with E-state index in [0.717, 1.165) is 10.8 Å². The van der Waals surface area contributed by atoms with Gasteiger partial charge in [-0.3, -0.25) is 4.79 Å². The minimum atomic E-state index is -1.81. The first-order chi connectivity index (χ1) is 12.5. The molecule has 0 fully saturated rings. The second-order valence-electron chi connectivity index (χ2n) is 8.27. The van der Waals surface area contributed by atoms with E-state index < -0.39 is 26.0 Å². The molecule has 0 saturated heterocycles. The molecule has 142 valence electrons. The van der Waals surface area contributed by atoms with E-state index in [9.17, 15) is 14.7 Å². The van der Waals surface area contributed by atoms with Crippen molar-refractivity contribution in [3.8, 4) is 11.5 Å². The number of carbonyl (C=O) groups excluding carboxylic acids is 1. The van der Waals surface area contributed by atoms with Crippen LogP contribution in [0.3, 0.4) is 0 Å². The number of rotatable bonds is 4. The zero-order chi connectivity index (χ0) is 20.2. The average Bonchev–Trinajstić information content (AvgIpc) is 2.59. The van der Waals surface area contributed by atoms with Gasteiger partial charge in [0.05, 0.1) is 0 Å². The van der Waals surface area contributed by atoms with E-state index >= 15 is 0 Å². The summed E-state index contributed by atoms with van der Waals surface area (Å²) >= 11 is 0. The lowest BCUT2D eigenvalue weighted by Crippen LogP contribution is -2.41. The third-order valence-corrected chi connectivity index (χ3v) is 9.77. The van der Waals surface area contributed by atoms with E-state index in [2.05, 4.69) is 50.6 Å². The highest BCUT2D eigenvalue weighted by Gasteiger charge is 2.33. The van der Waals surface area contributed by atoms with E-state index in [-0.39, 0.29) is 11.5 Å². The van der Waals surface area contributed by atoms with Crippen LogP contribution in [-0.2, 0) is 4.79 Å². The molecule has 2 aromatic rings. The number of carboxylic acids is 1. The minimum Gasteiger partial charge on any atom is -0.480 e. The van der Waals surface area contributed by atoms with Gasteiger partial charge in [-0.1, -0.05) is 70.3 Å². The van der Waals surface area contributed by atoms with Crippen LogP contribution < -0.4 is 5.32 Å². The summed E-state index contributed by atoms with van der Waals surface area (Å²) in [6, 6.07) is 11.9. The standard InChI is InChI=1S/C22H27NO3Si/c1-22(2,3)27(4,5)15-9-14-19(21(25)26)23-20(24)18-13-8-11-16-10-6-7-12-17(16)18/h6-8,10-13,19H,14H2,1-5H3,(H,23,24)(H,25,26)/t19-/m0/s1. The Hall–Kier alpha value is -2.58. The number of aliphatic carboxylic acids is 1. The lowest BCUT2D eigenvalue weighted by Gasteiger charge is -2.31. The molecule has 5 heteroatoms. The Kier molecular flexibility index (Phi) is 6.12. The lowest BCUT2D eigenvalue weighted by molar-refractivity contribution is -0.139. The van der Waals surface area contributed by atoms with Gasteiger partial charge in [0.1, 0.15) is 14.1 Å². The molecule has 0 radical (unpaired) electrons. The largest absolute Gasteiger partial charge is 0.480 e. The van der Waals surface area contributed by atoms with E-state index in [0.29, 0.717) is 5.56 Å². The third kappa shape index (κ3) is 4.99. The summed E-state index contributed by atoms with van der Waals surface area (Å²) in [5.41, 5.74) is 3.77. The smallest absolute Gasteiger partial charge is 0.327 e. The maximum absolute atomic E-state index is 12.7. The van der Waals surface area contributed by atoms with Gasteiger partial charge >= 0.3 is 5.97 Å². The molecule has 4 nitrogen and oxygen atoms in total. The highest BCUT2D eigenvalue weighted by Crippen LogP contribution is 2.35. The quantitative estimate of drug-likeness (QED) is 0.607. The van der Waals surface area contributed by atoms with Gasteiger partial charge in [0.25, 0.3) is 5.91 Å².